The van der Waals surface area contributed by atoms with Crippen molar-refractivity contribution in [2.24, 2.45) is 0 Å². The third-order valence-electron chi connectivity index (χ3n) is 3.18. The zero-order valence-electron chi connectivity index (χ0n) is 11.9. The molecule has 2 aromatic heterocycles. The Morgan fingerprint density at radius 2 is 2.19 bits per heavy atom. The van der Waals surface area contributed by atoms with Gasteiger partial charge in [0.15, 0.2) is 11.5 Å². The first-order valence-electron chi connectivity index (χ1n) is 6.78. The van der Waals surface area contributed by atoms with E-state index in [4.69, 9.17) is 0 Å². The van der Waals surface area contributed by atoms with Crippen LogP contribution in [0.4, 0.5) is 21.7 Å². The zero-order chi connectivity index (χ0) is 14.8. The molecule has 0 aliphatic carbocycles. The molecule has 0 radical (unpaired) electrons. The summed E-state index contributed by atoms with van der Waals surface area (Å²) in [5, 5.41) is 6.33. The van der Waals surface area contributed by atoms with E-state index in [-0.39, 0.29) is 5.82 Å². The highest BCUT2D eigenvalue weighted by molar-refractivity contribution is 5.72. The Morgan fingerprint density at radius 1 is 1.33 bits per heavy atom. The quantitative estimate of drug-likeness (QED) is 0.772. The molecule has 0 fully saturated rings. The molecule has 21 heavy (non-hydrogen) atoms. The van der Waals surface area contributed by atoms with E-state index in [1.54, 1.807) is 12.3 Å². The number of benzene rings is 1. The van der Waals surface area contributed by atoms with Crippen molar-refractivity contribution in [3.05, 3.63) is 48.2 Å². The molecule has 0 atom stereocenters. The largest absolute Gasteiger partial charge is 0.369 e. The van der Waals surface area contributed by atoms with E-state index >= 15 is 0 Å². The molecule has 0 unspecified atom stereocenters. The van der Waals surface area contributed by atoms with Crippen molar-refractivity contribution in [2.75, 3.05) is 17.2 Å². The second kappa shape index (κ2) is 5.40. The fourth-order valence-corrected chi connectivity index (χ4v) is 2.14. The number of fused-ring (bicyclic) bond motifs is 1. The van der Waals surface area contributed by atoms with Crippen LogP contribution in [0.1, 0.15) is 12.5 Å². The lowest BCUT2D eigenvalue weighted by Crippen LogP contribution is -2.05. The zero-order valence-corrected chi connectivity index (χ0v) is 11.9. The van der Waals surface area contributed by atoms with Crippen LogP contribution in [0.3, 0.4) is 0 Å². The van der Waals surface area contributed by atoms with Gasteiger partial charge in [0.1, 0.15) is 11.6 Å². The summed E-state index contributed by atoms with van der Waals surface area (Å²) in [7, 11) is 0. The molecule has 0 aliphatic rings. The normalized spacial score (nSPS) is 10.8. The summed E-state index contributed by atoms with van der Waals surface area (Å²) in [4.78, 5) is 8.79. The number of aryl methyl sites for hydroxylation is 1. The first-order chi connectivity index (χ1) is 10.2. The van der Waals surface area contributed by atoms with Crippen LogP contribution in [0.15, 0.2) is 36.8 Å². The highest BCUT2D eigenvalue weighted by atomic mass is 19.1. The Labute approximate surface area is 121 Å². The van der Waals surface area contributed by atoms with Crippen LogP contribution >= 0.6 is 0 Å². The van der Waals surface area contributed by atoms with Gasteiger partial charge >= 0.3 is 0 Å². The summed E-state index contributed by atoms with van der Waals surface area (Å²) in [6, 6.07) is 4.62. The summed E-state index contributed by atoms with van der Waals surface area (Å²) in [6.45, 7) is 4.69. The molecular formula is C15H16FN5. The Hall–Kier alpha value is -2.63. The smallest absolute Gasteiger partial charge is 0.180 e. The molecule has 0 amide bonds. The summed E-state index contributed by atoms with van der Waals surface area (Å²) in [5.74, 6) is 1.04. The fourth-order valence-electron chi connectivity index (χ4n) is 2.14. The van der Waals surface area contributed by atoms with Gasteiger partial charge in [-0.15, -0.1) is 0 Å². The molecule has 2 N–H and O–H groups in total. The lowest BCUT2D eigenvalue weighted by atomic mass is 10.2. The minimum atomic E-state index is -0.287. The number of hydrogen-bond acceptors (Lipinski definition) is 4. The van der Waals surface area contributed by atoms with Gasteiger partial charge in [0.05, 0.1) is 6.20 Å². The first-order valence-corrected chi connectivity index (χ1v) is 6.78. The summed E-state index contributed by atoms with van der Waals surface area (Å²) >= 11 is 0. The van der Waals surface area contributed by atoms with Crippen molar-refractivity contribution in [2.45, 2.75) is 13.8 Å². The standard InChI is InChI=1S/C15H16FN5/c1-3-17-13-9-21-7-6-18-15(21)14(20-13)19-12-8-11(16)5-4-10(12)2/h4-9,17H,3H2,1-2H3,(H,19,20). The van der Waals surface area contributed by atoms with E-state index in [0.717, 1.165) is 17.9 Å². The fraction of sp³-hybridized carbons (Fsp3) is 0.200. The van der Waals surface area contributed by atoms with Crippen molar-refractivity contribution in [3.8, 4) is 0 Å². The maximum atomic E-state index is 13.4. The maximum absolute atomic E-state index is 13.4. The number of imidazole rings is 1. The van der Waals surface area contributed by atoms with Gasteiger partial charge in [-0.3, -0.25) is 0 Å². The van der Waals surface area contributed by atoms with Crippen LogP contribution in [-0.2, 0) is 0 Å². The molecular weight excluding hydrogens is 269 g/mol. The molecule has 5 nitrogen and oxygen atoms in total. The number of rotatable bonds is 4. The average molecular weight is 285 g/mol. The van der Waals surface area contributed by atoms with E-state index in [1.165, 1.54) is 12.1 Å². The van der Waals surface area contributed by atoms with Gasteiger partial charge in [-0.05, 0) is 31.5 Å². The number of halogens is 1. The SMILES string of the molecule is CCNc1cn2ccnc2c(Nc2cc(F)ccc2C)n1. The van der Waals surface area contributed by atoms with Crippen molar-refractivity contribution in [3.63, 3.8) is 0 Å². The third-order valence-corrected chi connectivity index (χ3v) is 3.18. The van der Waals surface area contributed by atoms with Crippen molar-refractivity contribution >= 4 is 23.0 Å². The molecule has 2 heterocycles. The second-order valence-electron chi connectivity index (χ2n) is 4.75. The molecule has 6 heteroatoms. The Kier molecular flexibility index (Phi) is 3.43. The molecule has 1 aromatic carbocycles. The molecule has 0 saturated carbocycles. The molecule has 0 bridgehead atoms. The third kappa shape index (κ3) is 2.65. The predicted octanol–water partition coefficient (Wildman–Crippen LogP) is 3.35. The number of anilines is 3. The Morgan fingerprint density at radius 3 is 3.00 bits per heavy atom. The summed E-state index contributed by atoms with van der Waals surface area (Å²) in [5.41, 5.74) is 2.32. The average Bonchev–Trinajstić information content (AvgIpc) is 2.92. The highest BCUT2D eigenvalue weighted by Crippen LogP contribution is 2.24. The van der Waals surface area contributed by atoms with Crippen LogP contribution in [0, 0.1) is 12.7 Å². The number of aromatic nitrogens is 3. The van der Waals surface area contributed by atoms with Crippen LogP contribution in [0.5, 0.6) is 0 Å². The van der Waals surface area contributed by atoms with E-state index in [9.17, 15) is 4.39 Å². The maximum Gasteiger partial charge on any atom is 0.180 e. The monoisotopic (exact) mass is 285 g/mol. The van der Waals surface area contributed by atoms with Crippen molar-refractivity contribution in [1.29, 1.82) is 0 Å². The first kappa shape index (κ1) is 13.4. The van der Waals surface area contributed by atoms with Crippen molar-refractivity contribution in [1.82, 2.24) is 14.4 Å². The Balaban J connectivity index is 2.06. The van der Waals surface area contributed by atoms with Gasteiger partial charge in [0.2, 0.25) is 0 Å². The minimum absolute atomic E-state index is 0.287. The summed E-state index contributed by atoms with van der Waals surface area (Å²) < 4.78 is 15.3. The second-order valence-corrected chi connectivity index (χ2v) is 4.75. The topological polar surface area (TPSA) is 54.2 Å². The molecule has 0 spiro atoms. The van der Waals surface area contributed by atoms with Gasteiger partial charge in [0.25, 0.3) is 0 Å². The van der Waals surface area contributed by atoms with E-state index in [2.05, 4.69) is 20.6 Å². The van der Waals surface area contributed by atoms with E-state index < -0.39 is 0 Å². The van der Waals surface area contributed by atoms with Crippen LogP contribution in [-0.4, -0.2) is 20.9 Å². The minimum Gasteiger partial charge on any atom is -0.369 e. The Bertz CT molecular complexity index is 781. The summed E-state index contributed by atoms with van der Waals surface area (Å²) in [6.07, 6.45) is 5.42. The van der Waals surface area contributed by atoms with Crippen LogP contribution in [0.25, 0.3) is 5.65 Å². The predicted molar refractivity (Wildman–Crippen MR) is 81.6 cm³/mol. The lowest BCUT2D eigenvalue weighted by molar-refractivity contribution is 0.628. The van der Waals surface area contributed by atoms with E-state index in [0.29, 0.717) is 17.2 Å². The van der Waals surface area contributed by atoms with Crippen molar-refractivity contribution < 1.29 is 4.39 Å². The molecule has 0 saturated heterocycles. The van der Waals surface area contributed by atoms with Crippen LogP contribution < -0.4 is 10.6 Å². The molecule has 108 valence electrons. The van der Waals surface area contributed by atoms with Crippen LogP contribution in [0.2, 0.25) is 0 Å². The number of nitrogens with zero attached hydrogens (tertiary/aromatic N) is 3. The van der Waals surface area contributed by atoms with E-state index in [1.807, 2.05) is 30.6 Å². The molecule has 3 aromatic rings. The number of nitrogens with one attached hydrogen (secondary N) is 2. The van der Waals surface area contributed by atoms with Gasteiger partial charge < -0.3 is 15.0 Å². The van der Waals surface area contributed by atoms with Gasteiger partial charge in [0, 0.05) is 24.6 Å². The highest BCUT2D eigenvalue weighted by Gasteiger charge is 2.09. The molecule has 0 aliphatic heterocycles. The van der Waals surface area contributed by atoms with Gasteiger partial charge in [-0.1, -0.05) is 6.07 Å². The number of hydrogen-bond donors (Lipinski definition) is 2. The van der Waals surface area contributed by atoms with Gasteiger partial charge in [-0.2, -0.15) is 0 Å². The lowest BCUT2D eigenvalue weighted by Gasteiger charge is -2.12. The van der Waals surface area contributed by atoms with Gasteiger partial charge in [-0.25, -0.2) is 14.4 Å². The molecule has 3 rings (SSSR count).